The third-order valence-electron chi connectivity index (χ3n) is 3.46. The summed E-state index contributed by atoms with van der Waals surface area (Å²) >= 11 is 0. The van der Waals surface area contributed by atoms with Gasteiger partial charge in [-0.3, -0.25) is 4.79 Å². The molecule has 3 rings (SSSR count). The number of carbonyl (C=O) groups is 1. The van der Waals surface area contributed by atoms with Crippen molar-refractivity contribution >= 4 is 16.9 Å². The van der Waals surface area contributed by atoms with E-state index in [0.717, 1.165) is 10.9 Å². The van der Waals surface area contributed by atoms with Crippen LogP contribution in [0.3, 0.4) is 0 Å². The standard InChI is InChI=1S/C18H15NO3/c1-2-22-18(21)16-15(12-8-4-3-5-9-12)13-10-6-7-11-14(13)19-17(16)20/h3-11H,2H2,1H3,(H,19,20). The molecule has 3 aromatic rings. The summed E-state index contributed by atoms with van der Waals surface area (Å²) in [5, 5.41) is 0.816. The number of benzene rings is 2. The van der Waals surface area contributed by atoms with E-state index in [0.29, 0.717) is 11.1 Å². The maximum Gasteiger partial charge on any atom is 0.344 e. The summed E-state index contributed by atoms with van der Waals surface area (Å²) in [6.45, 7) is 1.94. The summed E-state index contributed by atoms with van der Waals surface area (Å²) in [6.07, 6.45) is 0. The van der Waals surface area contributed by atoms with Gasteiger partial charge in [-0.15, -0.1) is 0 Å². The van der Waals surface area contributed by atoms with Gasteiger partial charge in [0.1, 0.15) is 5.56 Å². The van der Waals surface area contributed by atoms with Crippen LogP contribution in [-0.4, -0.2) is 17.6 Å². The average Bonchev–Trinajstić information content (AvgIpc) is 2.54. The third kappa shape index (κ3) is 2.39. The van der Waals surface area contributed by atoms with Crippen LogP contribution in [0.15, 0.2) is 59.4 Å². The zero-order chi connectivity index (χ0) is 15.5. The molecule has 0 aliphatic carbocycles. The largest absolute Gasteiger partial charge is 0.462 e. The first kappa shape index (κ1) is 14.1. The van der Waals surface area contributed by atoms with Crippen LogP contribution in [0.5, 0.6) is 0 Å². The average molecular weight is 293 g/mol. The van der Waals surface area contributed by atoms with E-state index in [2.05, 4.69) is 4.98 Å². The van der Waals surface area contributed by atoms with E-state index in [1.807, 2.05) is 54.6 Å². The lowest BCUT2D eigenvalue weighted by Crippen LogP contribution is -2.21. The molecule has 1 aromatic heterocycles. The number of fused-ring (bicyclic) bond motifs is 1. The second-order valence-electron chi connectivity index (χ2n) is 4.84. The first-order valence-corrected chi connectivity index (χ1v) is 7.10. The van der Waals surface area contributed by atoms with Crippen molar-refractivity contribution in [1.29, 1.82) is 0 Å². The van der Waals surface area contributed by atoms with Crippen LogP contribution in [0, 0.1) is 0 Å². The summed E-state index contributed by atoms with van der Waals surface area (Å²) in [5.41, 5.74) is 1.73. The molecule has 0 fully saturated rings. The number of para-hydroxylation sites is 1. The smallest absolute Gasteiger partial charge is 0.344 e. The Morgan fingerprint density at radius 1 is 1.05 bits per heavy atom. The number of nitrogens with one attached hydrogen (secondary N) is 1. The molecular weight excluding hydrogens is 278 g/mol. The molecule has 0 aliphatic heterocycles. The van der Waals surface area contributed by atoms with Crippen LogP contribution in [0.1, 0.15) is 17.3 Å². The van der Waals surface area contributed by atoms with Crippen LogP contribution in [0.2, 0.25) is 0 Å². The van der Waals surface area contributed by atoms with Crippen molar-refractivity contribution in [2.24, 2.45) is 0 Å². The molecule has 0 radical (unpaired) electrons. The van der Waals surface area contributed by atoms with Crippen molar-refractivity contribution < 1.29 is 9.53 Å². The minimum atomic E-state index is -0.603. The molecular formula is C18H15NO3. The van der Waals surface area contributed by atoms with Crippen molar-refractivity contribution in [3.63, 3.8) is 0 Å². The van der Waals surface area contributed by atoms with Gasteiger partial charge in [-0.2, -0.15) is 0 Å². The summed E-state index contributed by atoms with van der Waals surface area (Å²) in [4.78, 5) is 27.4. The van der Waals surface area contributed by atoms with Crippen LogP contribution in [0.4, 0.5) is 0 Å². The highest BCUT2D eigenvalue weighted by Crippen LogP contribution is 2.29. The van der Waals surface area contributed by atoms with Gasteiger partial charge in [-0.25, -0.2) is 4.79 Å². The summed E-state index contributed by atoms with van der Waals surface area (Å²) < 4.78 is 5.06. The van der Waals surface area contributed by atoms with Crippen molar-refractivity contribution in [2.45, 2.75) is 6.92 Å². The highest BCUT2D eigenvalue weighted by Gasteiger charge is 2.21. The number of aromatic nitrogens is 1. The molecule has 2 aromatic carbocycles. The summed E-state index contributed by atoms with van der Waals surface area (Å²) in [5.74, 6) is -0.603. The van der Waals surface area contributed by atoms with Gasteiger partial charge < -0.3 is 9.72 Å². The molecule has 0 spiro atoms. The van der Waals surface area contributed by atoms with E-state index < -0.39 is 11.5 Å². The van der Waals surface area contributed by atoms with Gasteiger partial charge in [0.05, 0.1) is 6.61 Å². The molecule has 4 nitrogen and oxygen atoms in total. The highest BCUT2D eigenvalue weighted by molar-refractivity contribution is 6.06. The van der Waals surface area contributed by atoms with Crippen molar-refractivity contribution in [2.75, 3.05) is 6.61 Å². The number of pyridine rings is 1. The zero-order valence-corrected chi connectivity index (χ0v) is 12.1. The fraction of sp³-hybridized carbons (Fsp3) is 0.111. The van der Waals surface area contributed by atoms with E-state index in [1.165, 1.54) is 0 Å². The predicted molar refractivity (Wildman–Crippen MR) is 86.0 cm³/mol. The highest BCUT2D eigenvalue weighted by atomic mass is 16.5. The molecule has 0 aliphatic rings. The number of hydrogen-bond acceptors (Lipinski definition) is 3. The lowest BCUT2D eigenvalue weighted by molar-refractivity contribution is 0.0525. The van der Waals surface area contributed by atoms with Crippen LogP contribution in [-0.2, 0) is 4.74 Å². The SMILES string of the molecule is CCOC(=O)c1c(-c2ccccc2)c2ccccc2[nH]c1=O. The van der Waals surface area contributed by atoms with Gasteiger partial charge in [-0.05, 0) is 18.6 Å². The maximum atomic E-state index is 12.4. The molecule has 0 unspecified atom stereocenters. The van der Waals surface area contributed by atoms with E-state index in [-0.39, 0.29) is 12.2 Å². The Morgan fingerprint density at radius 3 is 2.45 bits per heavy atom. The lowest BCUT2D eigenvalue weighted by Gasteiger charge is -2.12. The fourth-order valence-corrected chi connectivity index (χ4v) is 2.55. The van der Waals surface area contributed by atoms with Crippen LogP contribution < -0.4 is 5.56 Å². The predicted octanol–water partition coefficient (Wildman–Crippen LogP) is 3.37. The molecule has 22 heavy (non-hydrogen) atoms. The molecule has 0 bridgehead atoms. The fourth-order valence-electron chi connectivity index (χ4n) is 2.55. The minimum Gasteiger partial charge on any atom is -0.462 e. The molecule has 0 atom stereocenters. The van der Waals surface area contributed by atoms with Crippen molar-refractivity contribution in [1.82, 2.24) is 4.98 Å². The molecule has 1 N–H and O–H groups in total. The first-order valence-electron chi connectivity index (χ1n) is 7.10. The number of H-pyrrole nitrogens is 1. The monoisotopic (exact) mass is 293 g/mol. The molecule has 0 saturated carbocycles. The van der Waals surface area contributed by atoms with E-state index in [9.17, 15) is 9.59 Å². The number of ether oxygens (including phenoxy) is 1. The Balaban J connectivity index is 2.41. The molecule has 4 heteroatoms. The Morgan fingerprint density at radius 2 is 1.73 bits per heavy atom. The zero-order valence-electron chi connectivity index (χ0n) is 12.1. The van der Waals surface area contributed by atoms with Gasteiger partial charge in [0.15, 0.2) is 0 Å². The molecule has 0 saturated heterocycles. The van der Waals surface area contributed by atoms with Gasteiger partial charge >= 0.3 is 5.97 Å². The van der Waals surface area contributed by atoms with E-state index in [4.69, 9.17) is 4.74 Å². The number of carbonyl (C=O) groups excluding carboxylic acids is 1. The summed E-state index contributed by atoms with van der Waals surface area (Å²) in [7, 11) is 0. The topological polar surface area (TPSA) is 59.2 Å². The van der Waals surface area contributed by atoms with Gasteiger partial charge in [0.2, 0.25) is 0 Å². The lowest BCUT2D eigenvalue weighted by atomic mass is 9.96. The Bertz CT molecular complexity index is 882. The minimum absolute atomic E-state index is 0.0479. The number of aromatic amines is 1. The Kier molecular flexibility index (Phi) is 3.74. The Labute approximate surface area is 127 Å². The Hall–Kier alpha value is -2.88. The molecule has 1 heterocycles. The summed E-state index contributed by atoms with van der Waals surface area (Å²) in [6, 6.07) is 16.8. The quantitative estimate of drug-likeness (QED) is 0.753. The van der Waals surface area contributed by atoms with Crippen molar-refractivity contribution in [3.8, 4) is 11.1 Å². The third-order valence-corrected chi connectivity index (χ3v) is 3.46. The van der Waals surface area contributed by atoms with Gasteiger partial charge in [0, 0.05) is 16.5 Å². The number of hydrogen-bond donors (Lipinski definition) is 1. The van der Waals surface area contributed by atoms with Gasteiger partial charge in [-0.1, -0.05) is 48.5 Å². The van der Waals surface area contributed by atoms with Crippen molar-refractivity contribution in [3.05, 3.63) is 70.5 Å². The van der Waals surface area contributed by atoms with Crippen LogP contribution in [0.25, 0.3) is 22.0 Å². The second-order valence-corrected chi connectivity index (χ2v) is 4.84. The van der Waals surface area contributed by atoms with E-state index in [1.54, 1.807) is 6.92 Å². The number of esters is 1. The first-order chi connectivity index (χ1) is 10.7. The molecule has 110 valence electrons. The van der Waals surface area contributed by atoms with E-state index >= 15 is 0 Å². The number of rotatable bonds is 3. The second kappa shape index (κ2) is 5.85. The molecule has 0 amide bonds. The maximum absolute atomic E-state index is 12.4. The normalized spacial score (nSPS) is 10.6. The van der Waals surface area contributed by atoms with Crippen LogP contribution >= 0.6 is 0 Å². The van der Waals surface area contributed by atoms with Gasteiger partial charge in [0.25, 0.3) is 5.56 Å².